The minimum absolute atomic E-state index is 0.0176. The van der Waals surface area contributed by atoms with Crippen molar-refractivity contribution in [1.82, 2.24) is 9.97 Å². The average Bonchev–Trinajstić information content (AvgIpc) is 2.42. The van der Waals surface area contributed by atoms with Gasteiger partial charge < -0.3 is 30.0 Å². The Morgan fingerprint density at radius 1 is 1.04 bits per heavy atom. The molecule has 0 aliphatic rings. The maximum Gasteiger partial charge on any atom is 0.356 e. The molecule has 1 heterocycles. The van der Waals surface area contributed by atoms with Crippen LogP contribution in [-0.2, 0) is 18.3 Å². The first-order valence-corrected chi connectivity index (χ1v) is 9.89. The van der Waals surface area contributed by atoms with Gasteiger partial charge in [-0.1, -0.05) is 6.92 Å². The molecule has 0 aliphatic heterocycles. The van der Waals surface area contributed by atoms with E-state index in [4.69, 9.17) is 30.0 Å². The van der Waals surface area contributed by atoms with Crippen molar-refractivity contribution in [3.63, 3.8) is 0 Å². The third kappa shape index (κ3) is 9.02. The molecule has 1 aromatic heterocycles. The average molecular weight is 376 g/mol. The van der Waals surface area contributed by atoms with Crippen molar-refractivity contribution >= 4 is 19.4 Å². The van der Waals surface area contributed by atoms with E-state index in [0.29, 0.717) is 19.1 Å². The van der Waals surface area contributed by atoms with Gasteiger partial charge in [0.05, 0.1) is 25.4 Å². The van der Waals surface area contributed by atoms with E-state index < -0.39 is 7.60 Å². The van der Waals surface area contributed by atoms with E-state index in [1.54, 1.807) is 27.7 Å². The number of nitrogens with two attached hydrogens (primary N) is 2. The second kappa shape index (κ2) is 9.91. The van der Waals surface area contributed by atoms with Gasteiger partial charge in [0.2, 0.25) is 11.8 Å². The van der Waals surface area contributed by atoms with Crippen LogP contribution in [0, 0.1) is 5.92 Å². The maximum absolute atomic E-state index is 12.6. The molecule has 1 unspecified atom stereocenters. The highest BCUT2D eigenvalue weighted by molar-refractivity contribution is 7.53. The minimum atomic E-state index is -3.29. The quantitative estimate of drug-likeness (QED) is 0.559. The van der Waals surface area contributed by atoms with Crippen LogP contribution in [0.1, 0.15) is 34.6 Å². The highest BCUT2D eigenvalue weighted by Gasteiger charge is 2.28. The van der Waals surface area contributed by atoms with Crippen molar-refractivity contribution in [3.8, 4) is 5.88 Å². The van der Waals surface area contributed by atoms with Gasteiger partial charge in [-0.2, -0.15) is 9.97 Å². The molecule has 10 heteroatoms. The molecule has 0 spiro atoms. The van der Waals surface area contributed by atoms with Crippen LogP contribution in [-0.4, -0.2) is 41.7 Å². The first-order valence-electron chi connectivity index (χ1n) is 8.16. The Morgan fingerprint density at radius 3 is 2.16 bits per heavy atom. The molecule has 0 fully saturated rings. The molecule has 1 atom stereocenters. The normalized spacial score (nSPS) is 13.4. The third-order valence-electron chi connectivity index (χ3n) is 2.65. The lowest BCUT2D eigenvalue weighted by molar-refractivity contribution is 0.0757. The van der Waals surface area contributed by atoms with Crippen LogP contribution in [0.4, 0.5) is 11.8 Å². The summed E-state index contributed by atoms with van der Waals surface area (Å²) in [6.07, 6.45) is -0.550. The number of hydrogen-bond acceptors (Lipinski definition) is 9. The van der Waals surface area contributed by atoms with Gasteiger partial charge in [-0.3, -0.25) is 4.57 Å². The molecule has 0 bridgehead atoms. The van der Waals surface area contributed by atoms with Gasteiger partial charge in [0.25, 0.3) is 0 Å². The fraction of sp³-hybridized carbons (Fsp3) is 0.733. The van der Waals surface area contributed by atoms with Crippen molar-refractivity contribution in [2.24, 2.45) is 5.92 Å². The number of nitrogen functional groups attached to an aromatic ring is 2. The molecule has 0 saturated carbocycles. The molecule has 0 saturated heterocycles. The Labute approximate surface area is 148 Å². The van der Waals surface area contributed by atoms with Crippen LogP contribution in [0.25, 0.3) is 0 Å². The van der Waals surface area contributed by atoms with E-state index in [9.17, 15) is 4.57 Å². The van der Waals surface area contributed by atoms with E-state index in [0.717, 1.165) is 0 Å². The fourth-order valence-corrected chi connectivity index (χ4v) is 3.69. The van der Waals surface area contributed by atoms with Crippen molar-refractivity contribution in [2.75, 3.05) is 31.0 Å². The molecule has 1 aromatic rings. The second-order valence-electron chi connectivity index (χ2n) is 6.32. The molecule has 0 amide bonds. The lowest BCUT2D eigenvalue weighted by Crippen LogP contribution is -2.18. The highest BCUT2D eigenvalue weighted by atomic mass is 31.2. The van der Waals surface area contributed by atoms with Gasteiger partial charge >= 0.3 is 7.60 Å². The number of nitrogens with zero attached hydrogens (tertiary/aromatic N) is 2. The van der Waals surface area contributed by atoms with E-state index >= 15 is 0 Å². The SMILES string of the molecule is CC(COCP(=O)(OC(C)C)OC(C)C)COc1cc(N)nc(N)n1. The Morgan fingerprint density at radius 2 is 1.64 bits per heavy atom. The number of aromatic nitrogens is 2. The number of hydrogen-bond donors (Lipinski definition) is 2. The fourth-order valence-electron chi connectivity index (χ4n) is 1.90. The van der Waals surface area contributed by atoms with Crippen LogP contribution < -0.4 is 16.2 Å². The summed E-state index contributed by atoms with van der Waals surface area (Å²) in [5.74, 6) is 0.610. The summed E-state index contributed by atoms with van der Waals surface area (Å²) in [6, 6.07) is 1.49. The molecular weight excluding hydrogens is 347 g/mol. The zero-order chi connectivity index (χ0) is 19.0. The van der Waals surface area contributed by atoms with Crippen LogP contribution in [0.15, 0.2) is 6.07 Å². The molecule has 0 aliphatic carbocycles. The summed E-state index contributed by atoms with van der Waals surface area (Å²) in [4.78, 5) is 7.70. The summed E-state index contributed by atoms with van der Waals surface area (Å²) < 4.78 is 34.5. The first kappa shape index (κ1) is 21.6. The van der Waals surface area contributed by atoms with Gasteiger partial charge in [-0.25, -0.2) is 0 Å². The van der Waals surface area contributed by atoms with Crippen molar-refractivity contribution in [1.29, 1.82) is 0 Å². The Hall–Kier alpha value is -1.41. The Kier molecular flexibility index (Phi) is 8.58. The Balaban J connectivity index is 2.43. The largest absolute Gasteiger partial charge is 0.477 e. The van der Waals surface area contributed by atoms with Gasteiger partial charge in [-0.05, 0) is 27.7 Å². The smallest absolute Gasteiger partial charge is 0.356 e. The van der Waals surface area contributed by atoms with Crippen LogP contribution in [0.2, 0.25) is 0 Å². The number of rotatable bonds is 11. The molecule has 9 nitrogen and oxygen atoms in total. The lowest BCUT2D eigenvalue weighted by atomic mass is 10.2. The predicted octanol–water partition coefficient (Wildman–Crippen LogP) is 2.67. The number of anilines is 2. The molecule has 4 N–H and O–H groups in total. The molecule has 144 valence electrons. The zero-order valence-corrected chi connectivity index (χ0v) is 16.4. The maximum atomic E-state index is 12.6. The number of ether oxygens (including phenoxy) is 2. The third-order valence-corrected chi connectivity index (χ3v) is 4.63. The minimum Gasteiger partial charge on any atom is -0.477 e. The van der Waals surface area contributed by atoms with Crippen molar-refractivity contribution < 1.29 is 23.1 Å². The van der Waals surface area contributed by atoms with E-state index in [1.165, 1.54) is 6.07 Å². The topological polar surface area (TPSA) is 132 Å². The van der Waals surface area contributed by atoms with E-state index in [-0.39, 0.29) is 36.2 Å². The standard InChI is InChI=1S/C15H29N4O5P/c1-10(2)23-25(20,24-11(3)4)9-21-7-12(5)8-22-14-6-13(16)18-15(17)19-14/h6,10-12H,7-9H2,1-5H3,(H4,16,17,18,19). The lowest BCUT2D eigenvalue weighted by Gasteiger charge is -2.23. The van der Waals surface area contributed by atoms with Crippen LogP contribution in [0.5, 0.6) is 5.88 Å². The monoisotopic (exact) mass is 376 g/mol. The Bertz CT molecular complexity index is 551. The van der Waals surface area contributed by atoms with Crippen LogP contribution in [0.3, 0.4) is 0 Å². The van der Waals surface area contributed by atoms with E-state index in [1.807, 2.05) is 6.92 Å². The summed E-state index contributed by atoms with van der Waals surface area (Å²) >= 11 is 0. The molecule has 1 rings (SSSR count). The summed E-state index contributed by atoms with van der Waals surface area (Å²) in [5.41, 5.74) is 11.1. The zero-order valence-electron chi connectivity index (χ0n) is 15.5. The highest BCUT2D eigenvalue weighted by Crippen LogP contribution is 2.50. The van der Waals surface area contributed by atoms with Gasteiger partial charge in [-0.15, -0.1) is 0 Å². The van der Waals surface area contributed by atoms with Gasteiger partial charge in [0.1, 0.15) is 12.2 Å². The predicted molar refractivity (Wildman–Crippen MR) is 96.4 cm³/mol. The molecule has 25 heavy (non-hydrogen) atoms. The van der Waals surface area contributed by atoms with Gasteiger partial charge in [0.15, 0.2) is 0 Å². The second-order valence-corrected chi connectivity index (χ2v) is 8.23. The summed E-state index contributed by atoms with van der Waals surface area (Å²) in [7, 11) is -3.29. The molecule has 0 radical (unpaired) electrons. The van der Waals surface area contributed by atoms with Crippen molar-refractivity contribution in [3.05, 3.63) is 6.07 Å². The molecular formula is C15H29N4O5P. The van der Waals surface area contributed by atoms with E-state index in [2.05, 4.69) is 9.97 Å². The van der Waals surface area contributed by atoms with Crippen molar-refractivity contribution in [2.45, 2.75) is 46.8 Å². The van der Waals surface area contributed by atoms with Crippen LogP contribution >= 0.6 is 7.60 Å². The van der Waals surface area contributed by atoms with Gasteiger partial charge in [0, 0.05) is 12.0 Å². The molecule has 0 aromatic carbocycles. The first-order chi connectivity index (χ1) is 11.6. The summed E-state index contributed by atoms with van der Waals surface area (Å²) in [5, 5.41) is 0. The summed E-state index contributed by atoms with van der Waals surface area (Å²) in [6.45, 7) is 9.76.